The van der Waals surface area contributed by atoms with Gasteiger partial charge in [0.2, 0.25) is 15.9 Å². The van der Waals surface area contributed by atoms with Crippen LogP contribution in [0.15, 0.2) is 23.1 Å². The van der Waals surface area contributed by atoms with Crippen molar-refractivity contribution in [2.24, 2.45) is 0 Å². The van der Waals surface area contributed by atoms with Crippen LogP contribution in [0.4, 0.5) is 5.69 Å². The van der Waals surface area contributed by atoms with E-state index in [0.717, 1.165) is 38.5 Å². The fourth-order valence-corrected chi connectivity index (χ4v) is 4.50. The summed E-state index contributed by atoms with van der Waals surface area (Å²) in [5, 5.41) is 12.6. The Labute approximate surface area is 150 Å². The molecule has 1 amide bonds. The molecule has 1 aliphatic heterocycles. The van der Waals surface area contributed by atoms with Gasteiger partial charge in [0.15, 0.2) is 0 Å². The molecule has 0 unspecified atom stereocenters. The average Bonchev–Trinajstić information content (AvgIpc) is 3.12. The highest BCUT2D eigenvalue weighted by atomic mass is 32.2. The number of benzene rings is 1. The van der Waals surface area contributed by atoms with Crippen molar-refractivity contribution in [1.29, 1.82) is 0 Å². The molecule has 1 aliphatic rings. The lowest BCUT2D eigenvalue weighted by atomic mass is 10.1. The second-order valence-electron chi connectivity index (χ2n) is 6.50. The van der Waals surface area contributed by atoms with Crippen molar-refractivity contribution in [1.82, 2.24) is 4.31 Å². The second kappa shape index (κ2) is 9.20. The van der Waals surface area contributed by atoms with E-state index in [4.69, 9.17) is 0 Å². The Bertz CT molecular complexity index is 682. The molecule has 2 rings (SSSR count). The molecule has 7 heteroatoms. The van der Waals surface area contributed by atoms with Crippen molar-refractivity contribution in [2.75, 3.05) is 18.4 Å². The fourth-order valence-electron chi connectivity index (χ4n) is 2.96. The zero-order valence-corrected chi connectivity index (χ0v) is 15.6. The Morgan fingerprint density at radius 3 is 2.52 bits per heavy atom. The predicted molar refractivity (Wildman–Crippen MR) is 98.1 cm³/mol. The molecule has 0 bridgehead atoms. The molecule has 0 radical (unpaired) electrons. The molecule has 6 nitrogen and oxygen atoms in total. The van der Waals surface area contributed by atoms with E-state index in [1.165, 1.54) is 28.9 Å². The second-order valence-corrected chi connectivity index (χ2v) is 8.44. The van der Waals surface area contributed by atoms with Crippen LogP contribution in [0.1, 0.15) is 58.3 Å². The fraction of sp³-hybridized carbons (Fsp3) is 0.611. The van der Waals surface area contributed by atoms with E-state index in [1.807, 2.05) is 0 Å². The van der Waals surface area contributed by atoms with E-state index in [-0.39, 0.29) is 22.2 Å². The van der Waals surface area contributed by atoms with Gasteiger partial charge in [-0.05, 0) is 37.5 Å². The molecule has 0 saturated carbocycles. The Kier molecular flexibility index (Phi) is 7.25. The zero-order valence-electron chi connectivity index (χ0n) is 14.8. The lowest BCUT2D eigenvalue weighted by Gasteiger charge is -2.16. The van der Waals surface area contributed by atoms with Gasteiger partial charge in [0, 0.05) is 19.5 Å². The number of sulfonamides is 1. The number of carbonyl (C=O) groups is 1. The van der Waals surface area contributed by atoms with Crippen LogP contribution in [0, 0.1) is 0 Å². The van der Waals surface area contributed by atoms with E-state index in [9.17, 15) is 18.3 Å². The van der Waals surface area contributed by atoms with Gasteiger partial charge in [0.25, 0.3) is 0 Å². The first-order valence-electron chi connectivity index (χ1n) is 9.08. The van der Waals surface area contributed by atoms with Crippen LogP contribution in [-0.4, -0.2) is 36.8 Å². The van der Waals surface area contributed by atoms with Crippen LogP contribution in [0.5, 0.6) is 5.75 Å². The van der Waals surface area contributed by atoms with Crippen LogP contribution in [0.2, 0.25) is 0 Å². The summed E-state index contributed by atoms with van der Waals surface area (Å²) in [6, 6.07) is 4.04. The molecule has 25 heavy (non-hydrogen) atoms. The molecule has 1 fully saturated rings. The number of aromatic hydroxyl groups is 1. The summed E-state index contributed by atoms with van der Waals surface area (Å²) in [4.78, 5) is 12.1. The molecule has 0 aliphatic carbocycles. The van der Waals surface area contributed by atoms with Gasteiger partial charge < -0.3 is 10.4 Å². The quantitative estimate of drug-likeness (QED) is 0.516. The number of nitrogens with one attached hydrogen (secondary N) is 1. The van der Waals surface area contributed by atoms with E-state index in [2.05, 4.69) is 12.2 Å². The Morgan fingerprint density at radius 2 is 1.84 bits per heavy atom. The van der Waals surface area contributed by atoms with Gasteiger partial charge in [0.05, 0.1) is 10.6 Å². The SMILES string of the molecule is CCCCCCCC(=O)Nc1cc(S(=O)(=O)N2CCCC2)ccc1O. The summed E-state index contributed by atoms with van der Waals surface area (Å²) < 4.78 is 26.6. The monoisotopic (exact) mass is 368 g/mol. The van der Waals surface area contributed by atoms with Crippen LogP contribution in [0.25, 0.3) is 0 Å². The number of nitrogens with zero attached hydrogens (tertiary/aromatic N) is 1. The van der Waals surface area contributed by atoms with Gasteiger partial charge in [0.1, 0.15) is 5.75 Å². The maximum Gasteiger partial charge on any atom is 0.243 e. The highest BCUT2D eigenvalue weighted by molar-refractivity contribution is 7.89. The summed E-state index contributed by atoms with van der Waals surface area (Å²) in [6.45, 7) is 3.17. The molecular weight excluding hydrogens is 340 g/mol. The molecule has 0 aromatic heterocycles. The molecule has 1 saturated heterocycles. The Hall–Kier alpha value is -1.60. The lowest BCUT2D eigenvalue weighted by molar-refractivity contribution is -0.116. The minimum atomic E-state index is -3.57. The molecule has 0 atom stereocenters. The summed E-state index contributed by atoms with van der Waals surface area (Å²) in [6.07, 6.45) is 7.30. The molecule has 0 spiro atoms. The number of amides is 1. The third-order valence-electron chi connectivity index (χ3n) is 4.45. The molecule has 1 heterocycles. The van der Waals surface area contributed by atoms with Crippen LogP contribution >= 0.6 is 0 Å². The van der Waals surface area contributed by atoms with Gasteiger partial charge >= 0.3 is 0 Å². The molecular formula is C18H28N2O4S. The van der Waals surface area contributed by atoms with E-state index in [1.54, 1.807) is 0 Å². The van der Waals surface area contributed by atoms with Gasteiger partial charge in [-0.3, -0.25) is 4.79 Å². The molecule has 1 aromatic rings. The van der Waals surface area contributed by atoms with Gasteiger partial charge in [-0.2, -0.15) is 4.31 Å². The largest absolute Gasteiger partial charge is 0.506 e. The number of anilines is 1. The number of carbonyl (C=O) groups excluding carboxylic acids is 1. The van der Waals surface area contributed by atoms with Crippen molar-refractivity contribution >= 4 is 21.6 Å². The van der Waals surface area contributed by atoms with Crippen LogP contribution in [0.3, 0.4) is 0 Å². The summed E-state index contributed by atoms with van der Waals surface area (Å²) in [5.41, 5.74) is 0.152. The van der Waals surface area contributed by atoms with Crippen molar-refractivity contribution in [3.05, 3.63) is 18.2 Å². The minimum absolute atomic E-state index is 0.102. The maximum absolute atomic E-state index is 12.6. The summed E-state index contributed by atoms with van der Waals surface area (Å²) in [7, 11) is -3.57. The topological polar surface area (TPSA) is 86.7 Å². The molecule has 2 N–H and O–H groups in total. The Morgan fingerprint density at radius 1 is 1.16 bits per heavy atom. The minimum Gasteiger partial charge on any atom is -0.506 e. The maximum atomic E-state index is 12.6. The van der Waals surface area contributed by atoms with Crippen molar-refractivity contribution in [3.8, 4) is 5.75 Å². The number of phenolic OH excluding ortho intramolecular Hbond substituents is 1. The Balaban J connectivity index is 2.00. The van der Waals surface area contributed by atoms with Crippen molar-refractivity contribution < 1.29 is 18.3 Å². The lowest BCUT2D eigenvalue weighted by Crippen LogP contribution is -2.27. The van der Waals surface area contributed by atoms with E-state index < -0.39 is 10.0 Å². The first kappa shape index (κ1) is 19.7. The van der Waals surface area contributed by atoms with Crippen LogP contribution in [-0.2, 0) is 14.8 Å². The number of hydrogen-bond acceptors (Lipinski definition) is 4. The average molecular weight is 368 g/mol. The smallest absolute Gasteiger partial charge is 0.243 e. The number of unbranched alkanes of at least 4 members (excludes halogenated alkanes) is 4. The standard InChI is InChI=1S/C18H28N2O4S/c1-2-3-4-5-6-9-18(22)19-16-14-15(10-11-17(16)21)25(23,24)20-12-7-8-13-20/h10-11,14,21H,2-9,12-13H2,1H3,(H,19,22). The summed E-state index contributed by atoms with van der Waals surface area (Å²) >= 11 is 0. The van der Waals surface area contributed by atoms with E-state index in [0.29, 0.717) is 19.5 Å². The normalized spacial score (nSPS) is 15.4. The highest BCUT2D eigenvalue weighted by Gasteiger charge is 2.27. The number of hydrogen-bond donors (Lipinski definition) is 2. The number of phenols is 1. The molecule has 140 valence electrons. The first-order valence-corrected chi connectivity index (χ1v) is 10.5. The predicted octanol–water partition coefficient (Wildman–Crippen LogP) is 3.48. The molecule has 1 aromatic carbocycles. The van der Waals surface area contributed by atoms with Gasteiger partial charge in [-0.1, -0.05) is 32.6 Å². The van der Waals surface area contributed by atoms with Crippen molar-refractivity contribution in [3.63, 3.8) is 0 Å². The third kappa shape index (κ3) is 5.44. The summed E-state index contributed by atoms with van der Waals surface area (Å²) in [5.74, 6) is -0.331. The van der Waals surface area contributed by atoms with Gasteiger partial charge in [-0.15, -0.1) is 0 Å². The van der Waals surface area contributed by atoms with Gasteiger partial charge in [-0.25, -0.2) is 8.42 Å². The zero-order chi connectivity index (χ0) is 18.3. The van der Waals surface area contributed by atoms with Crippen LogP contribution < -0.4 is 5.32 Å². The van der Waals surface area contributed by atoms with E-state index >= 15 is 0 Å². The first-order chi connectivity index (χ1) is 11.9. The highest BCUT2D eigenvalue weighted by Crippen LogP contribution is 2.29. The number of rotatable bonds is 9. The third-order valence-corrected chi connectivity index (χ3v) is 6.35. The van der Waals surface area contributed by atoms with Crippen molar-refractivity contribution in [2.45, 2.75) is 63.2 Å².